The van der Waals surface area contributed by atoms with Crippen molar-refractivity contribution in [1.82, 2.24) is 4.72 Å². The summed E-state index contributed by atoms with van der Waals surface area (Å²) >= 11 is 0.835. The average molecular weight is 348 g/mol. The zero-order valence-electron chi connectivity index (χ0n) is 12.5. The minimum Gasteiger partial charge on any atom is -0.494 e. The first kappa shape index (κ1) is 17.2. The number of hydrogen-bond acceptors (Lipinski definition) is 7. The highest BCUT2D eigenvalue weighted by atomic mass is 32.2. The summed E-state index contributed by atoms with van der Waals surface area (Å²) in [6, 6.07) is 1.20. The maximum Gasteiger partial charge on any atom is 0.348 e. The maximum atomic E-state index is 12.6. The molecule has 7 nitrogen and oxygen atoms in total. The van der Waals surface area contributed by atoms with E-state index in [0.29, 0.717) is 6.54 Å². The molecule has 1 aliphatic carbocycles. The van der Waals surface area contributed by atoms with Gasteiger partial charge in [-0.05, 0) is 25.3 Å². The fourth-order valence-electron chi connectivity index (χ4n) is 2.62. The van der Waals surface area contributed by atoms with E-state index in [2.05, 4.69) is 9.46 Å². The quantitative estimate of drug-likeness (QED) is 0.741. The number of ether oxygens (including phenoxy) is 2. The molecule has 1 aromatic heterocycles. The summed E-state index contributed by atoms with van der Waals surface area (Å²) in [5.41, 5.74) is 5.68. The third kappa shape index (κ3) is 3.43. The van der Waals surface area contributed by atoms with Crippen molar-refractivity contribution < 1.29 is 22.7 Å². The summed E-state index contributed by atoms with van der Waals surface area (Å²) in [5.74, 6) is -0.313. The first-order valence-corrected chi connectivity index (χ1v) is 9.21. The van der Waals surface area contributed by atoms with E-state index in [1.54, 1.807) is 0 Å². The number of carbonyl (C=O) groups excluding carboxylic acids is 1. The Labute approximate surface area is 133 Å². The normalized spacial score (nSPS) is 21.8. The standard InChI is InChI=1S/C13H20N2O5S2/c1-19-10-6-11(12(16)20-2)21-13(10)22(17,18)15-9-5-3-4-8(9)7-14/h6,8-9,15H,3-5,7,14H2,1-2H3. The molecule has 124 valence electrons. The molecule has 1 aliphatic rings. The van der Waals surface area contributed by atoms with E-state index in [-0.39, 0.29) is 26.8 Å². The Hall–Kier alpha value is -1.16. The zero-order valence-corrected chi connectivity index (χ0v) is 14.1. The topological polar surface area (TPSA) is 108 Å². The molecule has 1 fully saturated rings. The minimum absolute atomic E-state index is 0.0157. The number of hydrogen-bond donors (Lipinski definition) is 2. The molecule has 3 N–H and O–H groups in total. The fourth-order valence-corrected chi connectivity index (χ4v) is 5.47. The van der Waals surface area contributed by atoms with Crippen LogP contribution in [0.5, 0.6) is 5.75 Å². The maximum absolute atomic E-state index is 12.6. The highest BCUT2D eigenvalue weighted by Gasteiger charge is 2.33. The third-order valence-corrected chi connectivity index (χ3v) is 6.89. The van der Waals surface area contributed by atoms with Gasteiger partial charge in [-0.15, -0.1) is 11.3 Å². The Morgan fingerprint density at radius 1 is 1.45 bits per heavy atom. The van der Waals surface area contributed by atoms with Gasteiger partial charge in [0.05, 0.1) is 14.2 Å². The molecule has 2 atom stereocenters. The smallest absolute Gasteiger partial charge is 0.348 e. The molecular weight excluding hydrogens is 328 g/mol. The van der Waals surface area contributed by atoms with Crippen LogP contribution in [-0.4, -0.2) is 41.2 Å². The van der Waals surface area contributed by atoms with Crippen LogP contribution in [0, 0.1) is 5.92 Å². The predicted octanol–water partition coefficient (Wildman–Crippen LogP) is 0.949. The second-order valence-corrected chi connectivity index (χ2v) is 8.07. The van der Waals surface area contributed by atoms with Gasteiger partial charge in [0.1, 0.15) is 4.88 Å². The van der Waals surface area contributed by atoms with E-state index in [0.717, 1.165) is 30.6 Å². The van der Waals surface area contributed by atoms with Gasteiger partial charge in [-0.3, -0.25) is 0 Å². The van der Waals surface area contributed by atoms with Crippen molar-refractivity contribution in [2.45, 2.75) is 29.5 Å². The van der Waals surface area contributed by atoms with Crippen LogP contribution in [0.1, 0.15) is 28.9 Å². The van der Waals surface area contributed by atoms with E-state index in [9.17, 15) is 13.2 Å². The second-order valence-electron chi connectivity index (χ2n) is 5.11. The largest absolute Gasteiger partial charge is 0.494 e. The van der Waals surface area contributed by atoms with Crippen LogP contribution in [0.2, 0.25) is 0 Å². The SMILES string of the molecule is COC(=O)c1cc(OC)c(S(=O)(=O)NC2CCCC2CN)s1. The summed E-state index contributed by atoms with van der Waals surface area (Å²) in [7, 11) is -1.17. The van der Waals surface area contributed by atoms with Crippen LogP contribution in [-0.2, 0) is 14.8 Å². The summed E-state index contributed by atoms with van der Waals surface area (Å²) in [5, 5.41) is 0. The van der Waals surface area contributed by atoms with Crippen LogP contribution in [0.3, 0.4) is 0 Å². The number of esters is 1. The van der Waals surface area contributed by atoms with E-state index in [1.165, 1.54) is 20.3 Å². The molecule has 2 rings (SSSR count). The van der Waals surface area contributed by atoms with E-state index in [1.807, 2.05) is 0 Å². The van der Waals surface area contributed by atoms with Crippen LogP contribution >= 0.6 is 11.3 Å². The predicted molar refractivity (Wildman–Crippen MR) is 82.7 cm³/mol. The molecule has 1 aromatic rings. The van der Waals surface area contributed by atoms with Gasteiger partial charge >= 0.3 is 5.97 Å². The van der Waals surface area contributed by atoms with Crippen molar-refractivity contribution in [2.75, 3.05) is 20.8 Å². The Morgan fingerprint density at radius 2 is 2.18 bits per heavy atom. The van der Waals surface area contributed by atoms with Crippen molar-refractivity contribution in [3.8, 4) is 5.75 Å². The molecule has 0 saturated heterocycles. The van der Waals surface area contributed by atoms with Crippen LogP contribution < -0.4 is 15.2 Å². The lowest BCUT2D eigenvalue weighted by Crippen LogP contribution is -2.39. The van der Waals surface area contributed by atoms with Crippen LogP contribution in [0.4, 0.5) is 0 Å². The highest BCUT2D eigenvalue weighted by molar-refractivity contribution is 7.91. The molecule has 1 heterocycles. The van der Waals surface area contributed by atoms with Crippen molar-refractivity contribution in [2.24, 2.45) is 11.7 Å². The van der Waals surface area contributed by atoms with Crippen molar-refractivity contribution in [3.05, 3.63) is 10.9 Å². The molecular formula is C13H20N2O5S2. The Bertz CT molecular complexity index is 641. The molecule has 9 heteroatoms. The van der Waals surface area contributed by atoms with E-state index >= 15 is 0 Å². The van der Waals surface area contributed by atoms with Gasteiger partial charge in [0.25, 0.3) is 10.0 Å². The number of carbonyl (C=O) groups is 1. The van der Waals surface area contributed by atoms with Gasteiger partial charge in [0.2, 0.25) is 0 Å². The number of sulfonamides is 1. The highest BCUT2D eigenvalue weighted by Crippen LogP contribution is 2.35. The van der Waals surface area contributed by atoms with Crippen molar-refractivity contribution in [3.63, 3.8) is 0 Å². The van der Waals surface area contributed by atoms with E-state index < -0.39 is 16.0 Å². The number of thiophene rings is 1. The molecule has 22 heavy (non-hydrogen) atoms. The van der Waals surface area contributed by atoms with Gasteiger partial charge in [0, 0.05) is 12.1 Å². The average Bonchev–Trinajstić information content (AvgIpc) is 3.12. The van der Waals surface area contributed by atoms with Crippen molar-refractivity contribution >= 4 is 27.3 Å². The lowest BCUT2D eigenvalue weighted by atomic mass is 10.1. The molecule has 0 spiro atoms. The third-order valence-electron chi connectivity index (χ3n) is 3.78. The summed E-state index contributed by atoms with van der Waals surface area (Å²) < 4.78 is 37.5. The lowest BCUT2D eigenvalue weighted by Gasteiger charge is -2.19. The number of nitrogens with one attached hydrogen (secondary N) is 1. The molecule has 0 aromatic carbocycles. The molecule has 0 amide bonds. The van der Waals surface area contributed by atoms with Crippen LogP contribution in [0.25, 0.3) is 0 Å². The monoisotopic (exact) mass is 348 g/mol. The Morgan fingerprint density at radius 3 is 2.77 bits per heavy atom. The van der Waals surface area contributed by atoms with Crippen molar-refractivity contribution in [1.29, 1.82) is 0 Å². The number of methoxy groups -OCH3 is 2. The van der Waals surface area contributed by atoms with Gasteiger partial charge < -0.3 is 15.2 Å². The lowest BCUT2D eigenvalue weighted by molar-refractivity contribution is 0.0606. The van der Waals surface area contributed by atoms with Gasteiger partial charge in [-0.2, -0.15) is 0 Å². The summed E-state index contributed by atoms with van der Waals surface area (Å²) in [4.78, 5) is 11.7. The Balaban J connectivity index is 2.28. The fraction of sp³-hybridized carbons (Fsp3) is 0.615. The van der Waals surface area contributed by atoms with Gasteiger partial charge in [-0.25, -0.2) is 17.9 Å². The summed E-state index contributed by atoms with van der Waals surface area (Å²) in [6.45, 7) is 0.447. The molecule has 1 saturated carbocycles. The van der Waals surface area contributed by atoms with Gasteiger partial charge in [0.15, 0.2) is 9.96 Å². The minimum atomic E-state index is -3.77. The molecule has 0 bridgehead atoms. The molecule has 2 unspecified atom stereocenters. The zero-order chi connectivity index (χ0) is 16.3. The number of rotatable bonds is 6. The summed E-state index contributed by atoms with van der Waals surface area (Å²) in [6.07, 6.45) is 2.63. The van der Waals surface area contributed by atoms with Crippen LogP contribution in [0.15, 0.2) is 10.3 Å². The second kappa shape index (κ2) is 6.95. The first-order valence-electron chi connectivity index (χ1n) is 6.91. The molecule has 0 aliphatic heterocycles. The van der Waals surface area contributed by atoms with E-state index in [4.69, 9.17) is 10.5 Å². The number of nitrogens with two attached hydrogens (primary N) is 1. The van der Waals surface area contributed by atoms with Gasteiger partial charge in [-0.1, -0.05) is 6.42 Å². The molecule has 0 radical (unpaired) electrons. The first-order chi connectivity index (χ1) is 10.4. The Kier molecular flexibility index (Phi) is 5.43.